The van der Waals surface area contributed by atoms with Crippen molar-refractivity contribution >= 4 is 11.6 Å². The van der Waals surface area contributed by atoms with Crippen LogP contribution in [0.3, 0.4) is 0 Å². The Balaban J connectivity index is 1.35. The molecule has 0 saturated carbocycles. The molecule has 0 saturated heterocycles. The summed E-state index contributed by atoms with van der Waals surface area (Å²) in [6.07, 6.45) is 7.44. The molecule has 0 bridgehead atoms. The zero-order valence-electron chi connectivity index (χ0n) is 14.2. The van der Waals surface area contributed by atoms with Crippen molar-refractivity contribution in [2.75, 3.05) is 5.32 Å². The van der Waals surface area contributed by atoms with Gasteiger partial charge in [-0.05, 0) is 49.2 Å². The van der Waals surface area contributed by atoms with Crippen molar-refractivity contribution in [2.45, 2.75) is 25.8 Å². The standard InChI is InChI=1S/C19H19N5O2/c25-19(14-1-6-18-23-21-13-24(18)12-9-14)22-15-2-4-16(5-3-15)26-17-7-10-20-11-8-17/h2-5,7-8,10-11,13-14H,1,6,9,12H2,(H,22,25). The second-order valence-corrected chi connectivity index (χ2v) is 6.26. The summed E-state index contributed by atoms with van der Waals surface area (Å²) in [6.45, 7) is 0.777. The minimum atomic E-state index is -0.0237. The van der Waals surface area contributed by atoms with E-state index in [1.807, 2.05) is 28.8 Å². The Morgan fingerprint density at radius 2 is 1.85 bits per heavy atom. The minimum absolute atomic E-state index is 0.0237. The van der Waals surface area contributed by atoms with Crippen LogP contribution in [0.2, 0.25) is 0 Å². The number of nitrogens with one attached hydrogen (secondary N) is 1. The molecule has 1 aliphatic heterocycles. The number of amides is 1. The molecule has 1 atom stereocenters. The zero-order valence-corrected chi connectivity index (χ0v) is 14.2. The van der Waals surface area contributed by atoms with Crippen molar-refractivity contribution in [3.05, 3.63) is 60.9 Å². The van der Waals surface area contributed by atoms with E-state index in [0.717, 1.165) is 43.1 Å². The number of ether oxygens (including phenoxy) is 1. The lowest BCUT2D eigenvalue weighted by molar-refractivity contribution is -0.120. The minimum Gasteiger partial charge on any atom is -0.457 e. The van der Waals surface area contributed by atoms with E-state index in [4.69, 9.17) is 4.74 Å². The molecule has 0 spiro atoms. The lowest BCUT2D eigenvalue weighted by Gasteiger charge is -2.14. The molecule has 7 nitrogen and oxygen atoms in total. The zero-order chi connectivity index (χ0) is 17.8. The van der Waals surface area contributed by atoms with Crippen molar-refractivity contribution < 1.29 is 9.53 Å². The summed E-state index contributed by atoms with van der Waals surface area (Å²) in [6, 6.07) is 11.0. The fourth-order valence-corrected chi connectivity index (χ4v) is 3.06. The SMILES string of the molecule is O=C(Nc1ccc(Oc2ccncc2)cc1)C1CCc2nncn2CC1. The number of nitrogens with zero attached hydrogens (tertiary/aromatic N) is 4. The molecule has 132 valence electrons. The molecule has 4 rings (SSSR count). The van der Waals surface area contributed by atoms with Gasteiger partial charge in [0, 0.05) is 37.0 Å². The first-order valence-electron chi connectivity index (χ1n) is 8.63. The number of hydrogen-bond acceptors (Lipinski definition) is 5. The second-order valence-electron chi connectivity index (χ2n) is 6.26. The summed E-state index contributed by atoms with van der Waals surface area (Å²) in [4.78, 5) is 16.5. The Kier molecular flexibility index (Phi) is 4.59. The summed E-state index contributed by atoms with van der Waals surface area (Å²) in [5.41, 5.74) is 0.765. The first-order chi connectivity index (χ1) is 12.8. The number of benzene rings is 1. The predicted octanol–water partition coefficient (Wildman–Crippen LogP) is 3.06. The maximum Gasteiger partial charge on any atom is 0.227 e. The topological polar surface area (TPSA) is 81.9 Å². The summed E-state index contributed by atoms with van der Waals surface area (Å²) in [5, 5.41) is 11.0. The van der Waals surface area contributed by atoms with Gasteiger partial charge in [-0.25, -0.2) is 0 Å². The normalized spacial score (nSPS) is 16.4. The fraction of sp³-hybridized carbons (Fsp3) is 0.263. The van der Waals surface area contributed by atoms with Crippen molar-refractivity contribution in [2.24, 2.45) is 5.92 Å². The highest BCUT2D eigenvalue weighted by Gasteiger charge is 2.23. The van der Waals surface area contributed by atoms with Gasteiger partial charge in [-0.15, -0.1) is 10.2 Å². The molecule has 26 heavy (non-hydrogen) atoms. The molecule has 0 aliphatic carbocycles. The molecule has 1 aliphatic rings. The van der Waals surface area contributed by atoms with Crippen LogP contribution in [0.25, 0.3) is 0 Å². The summed E-state index contributed by atoms with van der Waals surface area (Å²) < 4.78 is 7.76. The number of rotatable bonds is 4. The van der Waals surface area contributed by atoms with Crippen LogP contribution in [-0.2, 0) is 17.8 Å². The van der Waals surface area contributed by atoms with Gasteiger partial charge in [0.05, 0.1) is 0 Å². The third-order valence-corrected chi connectivity index (χ3v) is 4.51. The van der Waals surface area contributed by atoms with Crippen LogP contribution in [0.1, 0.15) is 18.7 Å². The van der Waals surface area contributed by atoms with Gasteiger partial charge in [0.15, 0.2) is 0 Å². The highest BCUT2D eigenvalue weighted by molar-refractivity contribution is 5.92. The number of anilines is 1. The van der Waals surface area contributed by atoms with Crippen LogP contribution in [0.5, 0.6) is 11.5 Å². The molecule has 0 fully saturated rings. The third kappa shape index (κ3) is 3.72. The molecule has 3 aromatic rings. The molecular formula is C19H19N5O2. The lowest BCUT2D eigenvalue weighted by atomic mass is 9.99. The molecule has 7 heteroatoms. The highest BCUT2D eigenvalue weighted by Crippen LogP contribution is 2.24. The van der Waals surface area contributed by atoms with Gasteiger partial charge < -0.3 is 14.6 Å². The van der Waals surface area contributed by atoms with Crippen LogP contribution in [0.4, 0.5) is 5.69 Å². The van der Waals surface area contributed by atoms with Crippen molar-refractivity contribution in [1.82, 2.24) is 19.7 Å². The Bertz CT molecular complexity index is 854. The molecule has 1 aromatic carbocycles. The van der Waals surface area contributed by atoms with Crippen LogP contribution in [0.15, 0.2) is 55.1 Å². The summed E-state index contributed by atoms with van der Waals surface area (Å²) in [7, 11) is 0. The molecule has 2 aromatic heterocycles. The Hall–Kier alpha value is -3.22. The van der Waals surface area contributed by atoms with Gasteiger partial charge in [0.25, 0.3) is 0 Å². The van der Waals surface area contributed by atoms with Crippen LogP contribution in [-0.4, -0.2) is 25.7 Å². The van der Waals surface area contributed by atoms with Crippen molar-refractivity contribution in [1.29, 1.82) is 0 Å². The highest BCUT2D eigenvalue weighted by atomic mass is 16.5. The lowest BCUT2D eigenvalue weighted by Crippen LogP contribution is -2.23. The van der Waals surface area contributed by atoms with E-state index in [-0.39, 0.29) is 11.8 Å². The van der Waals surface area contributed by atoms with Crippen LogP contribution < -0.4 is 10.1 Å². The van der Waals surface area contributed by atoms with Crippen molar-refractivity contribution in [3.8, 4) is 11.5 Å². The average molecular weight is 349 g/mol. The molecular weight excluding hydrogens is 330 g/mol. The monoisotopic (exact) mass is 349 g/mol. The number of pyridine rings is 1. The van der Waals surface area contributed by atoms with Gasteiger partial charge in [0.2, 0.25) is 5.91 Å². The summed E-state index contributed by atoms with van der Waals surface area (Å²) >= 11 is 0. The van der Waals surface area contributed by atoms with E-state index in [2.05, 4.69) is 20.5 Å². The molecule has 1 unspecified atom stereocenters. The average Bonchev–Trinajstić information content (AvgIpc) is 3.02. The van der Waals surface area contributed by atoms with E-state index >= 15 is 0 Å². The second kappa shape index (κ2) is 7.35. The van der Waals surface area contributed by atoms with Gasteiger partial charge in [-0.3, -0.25) is 9.78 Å². The first-order valence-corrected chi connectivity index (χ1v) is 8.63. The van der Waals surface area contributed by atoms with E-state index in [1.54, 1.807) is 30.9 Å². The largest absolute Gasteiger partial charge is 0.457 e. The molecule has 0 radical (unpaired) electrons. The van der Waals surface area contributed by atoms with Crippen LogP contribution >= 0.6 is 0 Å². The quantitative estimate of drug-likeness (QED) is 0.783. The number of fused-ring (bicyclic) bond motifs is 1. The predicted molar refractivity (Wildman–Crippen MR) is 95.8 cm³/mol. The number of carbonyl (C=O) groups excluding carboxylic acids is 1. The number of aromatic nitrogens is 4. The Morgan fingerprint density at radius 1 is 1.08 bits per heavy atom. The smallest absolute Gasteiger partial charge is 0.227 e. The number of carbonyl (C=O) groups is 1. The Labute approximate surface area is 151 Å². The first kappa shape index (κ1) is 16.3. The molecule has 1 amide bonds. The van der Waals surface area contributed by atoms with E-state index in [0.29, 0.717) is 5.75 Å². The van der Waals surface area contributed by atoms with Crippen molar-refractivity contribution in [3.63, 3.8) is 0 Å². The third-order valence-electron chi connectivity index (χ3n) is 4.51. The maximum absolute atomic E-state index is 12.6. The van der Waals surface area contributed by atoms with Gasteiger partial charge in [0.1, 0.15) is 23.7 Å². The maximum atomic E-state index is 12.6. The van der Waals surface area contributed by atoms with E-state index < -0.39 is 0 Å². The Morgan fingerprint density at radius 3 is 2.65 bits per heavy atom. The molecule has 1 N–H and O–H groups in total. The summed E-state index contributed by atoms with van der Waals surface area (Å²) in [5.74, 6) is 2.41. The van der Waals surface area contributed by atoms with Gasteiger partial charge in [-0.2, -0.15) is 0 Å². The number of aryl methyl sites for hydroxylation is 2. The van der Waals surface area contributed by atoms with Gasteiger partial charge >= 0.3 is 0 Å². The fourth-order valence-electron chi connectivity index (χ4n) is 3.06. The molecule has 3 heterocycles. The van der Waals surface area contributed by atoms with Crippen LogP contribution in [0, 0.1) is 5.92 Å². The van der Waals surface area contributed by atoms with E-state index in [1.165, 1.54) is 0 Å². The van der Waals surface area contributed by atoms with E-state index in [9.17, 15) is 4.79 Å². The van der Waals surface area contributed by atoms with Gasteiger partial charge in [-0.1, -0.05) is 0 Å². The number of hydrogen-bond donors (Lipinski definition) is 1.